The Morgan fingerprint density at radius 3 is 2.08 bits per heavy atom. The number of hydrogen-bond acceptors (Lipinski definition) is 16. The lowest BCUT2D eigenvalue weighted by molar-refractivity contribution is -0.376. The molecule has 0 radical (unpaired) electrons. The van der Waals surface area contributed by atoms with Crippen LogP contribution >= 0.6 is 0 Å². The van der Waals surface area contributed by atoms with Crippen molar-refractivity contribution < 1.29 is 78.7 Å². The zero-order valence-electron chi connectivity index (χ0n) is 35.6. The van der Waals surface area contributed by atoms with Crippen LogP contribution in [0.2, 0.25) is 0 Å². The number of aliphatic hydroxyl groups is 8. The van der Waals surface area contributed by atoms with Gasteiger partial charge in [-0.2, -0.15) is 0 Å². The summed E-state index contributed by atoms with van der Waals surface area (Å²) in [7, 11) is 0. The summed E-state index contributed by atoms with van der Waals surface area (Å²) in [5.74, 6) is 2.69. The normalized spacial score (nSPS) is 57.7. The summed E-state index contributed by atoms with van der Waals surface area (Å²) >= 11 is 0. The van der Waals surface area contributed by atoms with Crippen LogP contribution in [0, 0.1) is 46.3 Å². The van der Waals surface area contributed by atoms with Crippen molar-refractivity contribution in [3.05, 3.63) is 11.6 Å². The minimum Gasteiger partial charge on any atom is -0.394 e. The topological polar surface area (TPSA) is 236 Å². The van der Waals surface area contributed by atoms with Gasteiger partial charge >= 0.3 is 0 Å². The van der Waals surface area contributed by atoms with E-state index in [0.29, 0.717) is 48.3 Å². The SMILES string of the molecule is C[C@@H]1CC[C@@]2(OC1)O[C@H]1C[C@H]3[C@@H]4CC=C5C[C@H](O[C@H]6O[C@H](CO)[C@@H](O[C@H]7O[C@H](CO)[C@@H](O)[C@H]7O)[C@@H](O[C@H]7O[C@H](C)[C@@H](O)[C@@H](O)[C@H]7O)[C@H]6O)CC[C@@]5(C)[C@H]4CC[C@]3(C)[C@@H]1[C@H]2C. The fourth-order valence-electron chi connectivity index (χ4n) is 13.8. The van der Waals surface area contributed by atoms with Crippen molar-refractivity contribution in [1.29, 1.82) is 0 Å². The second-order valence-electron chi connectivity index (χ2n) is 20.6. The first-order chi connectivity index (χ1) is 28.5. The van der Waals surface area contributed by atoms with Crippen molar-refractivity contribution in [1.82, 2.24) is 0 Å². The van der Waals surface area contributed by atoms with Gasteiger partial charge in [-0.25, -0.2) is 0 Å². The molecule has 0 bridgehead atoms. The summed E-state index contributed by atoms with van der Waals surface area (Å²) in [4.78, 5) is 0. The van der Waals surface area contributed by atoms with Crippen molar-refractivity contribution in [2.75, 3.05) is 19.8 Å². The van der Waals surface area contributed by atoms with Gasteiger partial charge in [-0.3, -0.25) is 0 Å². The summed E-state index contributed by atoms with van der Waals surface area (Å²) in [5.41, 5.74) is 1.56. The van der Waals surface area contributed by atoms with Crippen molar-refractivity contribution >= 4 is 0 Å². The molecule has 8 N–H and O–H groups in total. The van der Waals surface area contributed by atoms with E-state index in [0.717, 1.165) is 45.1 Å². The van der Waals surface area contributed by atoms with Crippen molar-refractivity contribution in [2.45, 2.75) is 196 Å². The largest absolute Gasteiger partial charge is 0.394 e. The molecule has 0 amide bonds. The van der Waals surface area contributed by atoms with E-state index in [4.69, 9.17) is 37.9 Å². The Hall–Kier alpha value is -0.900. The Balaban J connectivity index is 0.901. The lowest BCUT2D eigenvalue weighted by Gasteiger charge is -2.58. The molecule has 9 aliphatic rings. The van der Waals surface area contributed by atoms with Gasteiger partial charge in [0.1, 0.15) is 61.0 Å². The molecule has 0 aromatic heterocycles. The highest BCUT2D eigenvalue weighted by Gasteiger charge is 2.69. The first kappa shape index (κ1) is 44.3. The first-order valence-corrected chi connectivity index (χ1v) is 22.8. The molecule has 5 aliphatic heterocycles. The average molecular weight is 855 g/mol. The van der Waals surface area contributed by atoms with Gasteiger partial charge in [-0.15, -0.1) is 0 Å². The van der Waals surface area contributed by atoms with Gasteiger partial charge in [-0.1, -0.05) is 39.3 Å². The molecule has 60 heavy (non-hydrogen) atoms. The van der Waals surface area contributed by atoms with Crippen LogP contribution in [-0.4, -0.2) is 165 Å². The van der Waals surface area contributed by atoms with E-state index < -0.39 is 105 Å². The third-order valence-electron chi connectivity index (χ3n) is 17.3. The van der Waals surface area contributed by atoms with Gasteiger partial charge in [0.05, 0.1) is 38.1 Å². The summed E-state index contributed by atoms with van der Waals surface area (Å²) in [6.07, 6.45) is -8.89. The second-order valence-corrected chi connectivity index (χ2v) is 20.6. The third kappa shape index (κ3) is 7.10. The molecule has 9 rings (SSSR count). The van der Waals surface area contributed by atoms with Gasteiger partial charge in [0, 0.05) is 12.3 Å². The molecule has 8 fully saturated rings. The van der Waals surface area contributed by atoms with Crippen LogP contribution in [0.15, 0.2) is 11.6 Å². The maximum absolute atomic E-state index is 12.0. The van der Waals surface area contributed by atoms with Crippen LogP contribution in [-0.2, 0) is 37.9 Å². The average Bonchev–Trinajstić information content (AvgIpc) is 3.79. The predicted octanol–water partition coefficient (Wildman–Crippen LogP) is 0.853. The van der Waals surface area contributed by atoms with Crippen LogP contribution in [0.25, 0.3) is 0 Å². The maximum atomic E-state index is 12.0. The summed E-state index contributed by atoms with van der Waals surface area (Å²) in [6.45, 7) is 10.6. The van der Waals surface area contributed by atoms with Gasteiger partial charge in [-0.05, 0) is 98.7 Å². The van der Waals surface area contributed by atoms with E-state index in [1.807, 2.05) is 0 Å². The Bertz CT molecular complexity index is 1560. The Labute approximate surface area is 352 Å². The van der Waals surface area contributed by atoms with Crippen molar-refractivity contribution in [2.24, 2.45) is 46.3 Å². The van der Waals surface area contributed by atoms with Crippen molar-refractivity contribution in [3.63, 3.8) is 0 Å². The minimum absolute atomic E-state index is 0.00194. The molecule has 5 saturated heterocycles. The number of rotatable bonds is 8. The maximum Gasteiger partial charge on any atom is 0.187 e. The zero-order chi connectivity index (χ0) is 42.6. The van der Waals surface area contributed by atoms with Gasteiger partial charge in [0.15, 0.2) is 24.7 Å². The van der Waals surface area contributed by atoms with E-state index in [9.17, 15) is 40.9 Å². The Kier molecular flexibility index (Phi) is 12.2. The van der Waals surface area contributed by atoms with E-state index in [-0.39, 0.29) is 23.0 Å². The van der Waals surface area contributed by atoms with Crippen LogP contribution in [0.5, 0.6) is 0 Å². The van der Waals surface area contributed by atoms with Gasteiger partial charge in [0.2, 0.25) is 0 Å². The number of ether oxygens (including phenoxy) is 8. The Morgan fingerprint density at radius 2 is 1.38 bits per heavy atom. The number of aliphatic hydroxyl groups excluding tert-OH is 8. The molecule has 0 aromatic rings. The first-order valence-electron chi connectivity index (χ1n) is 22.8. The monoisotopic (exact) mass is 854 g/mol. The number of allylic oxidation sites excluding steroid dienone is 1. The quantitative estimate of drug-likeness (QED) is 0.158. The fourth-order valence-corrected chi connectivity index (χ4v) is 13.8. The van der Waals surface area contributed by atoms with Crippen LogP contribution in [0.4, 0.5) is 0 Å². The van der Waals surface area contributed by atoms with Gasteiger partial charge in [0.25, 0.3) is 0 Å². The molecule has 342 valence electrons. The van der Waals surface area contributed by atoms with Gasteiger partial charge < -0.3 is 78.7 Å². The summed E-state index contributed by atoms with van der Waals surface area (Å²) in [5, 5.41) is 85.0. The minimum atomic E-state index is -1.73. The number of fused-ring (bicyclic) bond motifs is 7. The molecule has 0 unspecified atom stereocenters. The van der Waals surface area contributed by atoms with E-state index in [1.165, 1.54) is 18.9 Å². The molecular weight excluding hydrogens is 784 g/mol. The molecule has 1 spiro atoms. The summed E-state index contributed by atoms with van der Waals surface area (Å²) < 4.78 is 49.7. The smallest absolute Gasteiger partial charge is 0.187 e. The highest BCUT2D eigenvalue weighted by atomic mass is 16.8. The van der Waals surface area contributed by atoms with E-state index >= 15 is 0 Å². The number of hydrogen-bond donors (Lipinski definition) is 8. The lowest BCUT2D eigenvalue weighted by atomic mass is 9.47. The molecular formula is C44H70O16. The highest BCUT2D eigenvalue weighted by Crippen LogP contribution is 2.70. The molecule has 4 aliphatic carbocycles. The third-order valence-corrected chi connectivity index (χ3v) is 17.3. The zero-order valence-corrected chi connectivity index (χ0v) is 35.6. The second kappa shape index (κ2) is 16.5. The summed E-state index contributed by atoms with van der Waals surface area (Å²) in [6, 6.07) is 0. The van der Waals surface area contributed by atoms with Crippen molar-refractivity contribution in [3.8, 4) is 0 Å². The molecule has 0 aromatic carbocycles. The molecule has 5 heterocycles. The van der Waals surface area contributed by atoms with E-state index in [2.05, 4.69) is 33.8 Å². The van der Waals surface area contributed by atoms with Crippen LogP contribution < -0.4 is 0 Å². The lowest BCUT2D eigenvalue weighted by Crippen LogP contribution is -2.65. The molecule has 16 heteroatoms. The highest BCUT2D eigenvalue weighted by molar-refractivity contribution is 5.26. The van der Waals surface area contributed by atoms with Crippen LogP contribution in [0.3, 0.4) is 0 Å². The predicted molar refractivity (Wildman–Crippen MR) is 208 cm³/mol. The molecule has 25 atom stereocenters. The molecule has 3 saturated carbocycles. The van der Waals surface area contributed by atoms with E-state index in [1.54, 1.807) is 0 Å². The van der Waals surface area contributed by atoms with Crippen LogP contribution in [0.1, 0.15) is 92.4 Å². The fraction of sp³-hybridized carbons (Fsp3) is 0.955. The molecule has 16 nitrogen and oxygen atoms in total. The Morgan fingerprint density at radius 1 is 0.700 bits per heavy atom. The standard InChI is InChI=1S/C44H70O16/c1-19-8-13-44(53-18-19)20(2)30-27(60-44)15-26-24-7-6-22-14-23(9-11-42(22,4)25(24)10-12-43(26,30)5)55-41-36(52)38(59-39-35(51)33(49)31(47)21(3)54-39)37(29(17-46)57-41)58-40-34(50)32(48)28(16-45)56-40/h6,19-21,23-41,45-52H,7-18H2,1-5H3/t19-,20-,21-,23-,24-,25+,26+,27+,28-,29-,30-,31-,32-,33-,34-,35-,36-,37-,38+,39-,40-,41+,42-,43+,44-/m1/s1.